The van der Waals surface area contributed by atoms with Crippen molar-refractivity contribution in [1.29, 1.82) is 5.41 Å². The summed E-state index contributed by atoms with van der Waals surface area (Å²) in [7, 11) is 0. The predicted octanol–water partition coefficient (Wildman–Crippen LogP) is 1.04. The summed E-state index contributed by atoms with van der Waals surface area (Å²) >= 11 is 3.07. The molecular formula is C16H23N3O4S2. The summed E-state index contributed by atoms with van der Waals surface area (Å²) in [5.74, 6) is -1.39. The van der Waals surface area contributed by atoms with Gasteiger partial charge in [0.15, 0.2) is 0 Å². The maximum Gasteiger partial charge on any atom is 0.353 e. The lowest BCUT2D eigenvalue weighted by molar-refractivity contribution is -0.160. The molecule has 7 nitrogen and oxygen atoms in total. The zero-order valence-electron chi connectivity index (χ0n) is 14.4. The first-order chi connectivity index (χ1) is 11.8. The molecule has 0 saturated carbocycles. The standard InChI is InChI=1S/C16H23N3O4S2/c1-7(20)10-11-13(24-3)14(12(16(22)23)19(11)15(10)21)25-9-4-5-18(6-9)8(2)17/h7,9-11,13,17,20H,4-6H2,1-3H3,(H,22,23)/t7?,9?,10?,11-,13?/m0/s1. The minimum atomic E-state index is -1.08. The van der Waals surface area contributed by atoms with Gasteiger partial charge in [-0.15, -0.1) is 11.8 Å². The molecule has 0 aliphatic carbocycles. The number of β-lactam (4-membered cyclic amide) rings is 1. The maximum absolute atomic E-state index is 12.4. The van der Waals surface area contributed by atoms with E-state index in [0.717, 1.165) is 24.4 Å². The van der Waals surface area contributed by atoms with Gasteiger partial charge < -0.3 is 15.1 Å². The summed E-state index contributed by atoms with van der Waals surface area (Å²) < 4.78 is 0. The first kappa shape index (κ1) is 18.6. The van der Waals surface area contributed by atoms with Gasteiger partial charge in [0.2, 0.25) is 5.91 Å². The summed E-state index contributed by atoms with van der Waals surface area (Å²) in [6.07, 6.45) is 2.01. The van der Waals surface area contributed by atoms with Crippen LogP contribution in [0.15, 0.2) is 10.6 Å². The van der Waals surface area contributed by atoms with Crippen LogP contribution in [0.4, 0.5) is 0 Å². The molecule has 3 aliphatic heterocycles. The minimum absolute atomic E-state index is 0.0845. The highest BCUT2D eigenvalue weighted by atomic mass is 32.2. The number of hydrogen-bond acceptors (Lipinski definition) is 6. The van der Waals surface area contributed by atoms with Crippen molar-refractivity contribution in [2.75, 3.05) is 19.3 Å². The Morgan fingerprint density at radius 1 is 1.44 bits per heavy atom. The van der Waals surface area contributed by atoms with Crippen LogP contribution in [0.5, 0.6) is 0 Å². The minimum Gasteiger partial charge on any atom is -0.477 e. The smallest absolute Gasteiger partial charge is 0.353 e. The van der Waals surface area contributed by atoms with Crippen molar-refractivity contribution in [2.24, 2.45) is 5.92 Å². The molecule has 2 fully saturated rings. The Kier molecular flexibility index (Phi) is 5.09. The number of hydrogen-bond donors (Lipinski definition) is 3. The number of nitrogens with one attached hydrogen (secondary N) is 1. The van der Waals surface area contributed by atoms with E-state index in [0.29, 0.717) is 5.84 Å². The van der Waals surface area contributed by atoms with Crippen molar-refractivity contribution in [3.8, 4) is 0 Å². The van der Waals surface area contributed by atoms with Crippen LogP contribution in [0.1, 0.15) is 20.3 Å². The van der Waals surface area contributed by atoms with E-state index in [4.69, 9.17) is 5.41 Å². The number of nitrogens with zero attached hydrogens (tertiary/aromatic N) is 2. The third-order valence-electron chi connectivity index (χ3n) is 5.12. The lowest BCUT2D eigenvalue weighted by Gasteiger charge is -2.46. The molecule has 138 valence electrons. The number of amides is 1. The number of carboxylic acid groups (broad SMARTS) is 1. The summed E-state index contributed by atoms with van der Waals surface area (Å²) in [5, 5.41) is 27.5. The van der Waals surface area contributed by atoms with Crippen LogP contribution in [0.3, 0.4) is 0 Å². The van der Waals surface area contributed by atoms with E-state index in [1.54, 1.807) is 13.8 Å². The van der Waals surface area contributed by atoms with Crippen LogP contribution in [-0.2, 0) is 9.59 Å². The van der Waals surface area contributed by atoms with Crippen molar-refractivity contribution < 1.29 is 19.8 Å². The number of carbonyl (C=O) groups excluding carboxylic acids is 1. The summed E-state index contributed by atoms with van der Waals surface area (Å²) in [6.45, 7) is 4.86. The van der Waals surface area contributed by atoms with Gasteiger partial charge in [0.1, 0.15) is 5.70 Å². The zero-order chi connectivity index (χ0) is 18.5. The van der Waals surface area contributed by atoms with Crippen molar-refractivity contribution in [3.63, 3.8) is 0 Å². The van der Waals surface area contributed by atoms with Crippen LogP contribution in [0.25, 0.3) is 0 Å². The number of rotatable bonds is 5. The van der Waals surface area contributed by atoms with Gasteiger partial charge in [0.25, 0.3) is 0 Å². The average molecular weight is 386 g/mol. The molecule has 25 heavy (non-hydrogen) atoms. The summed E-state index contributed by atoms with van der Waals surface area (Å²) in [5.41, 5.74) is 0.0845. The third-order valence-corrected chi connectivity index (χ3v) is 7.71. The Morgan fingerprint density at radius 3 is 2.60 bits per heavy atom. The van der Waals surface area contributed by atoms with Crippen molar-refractivity contribution in [2.45, 2.75) is 42.9 Å². The van der Waals surface area contributed by atoms with Gasteiger partial charge in [-0.3, -0.25) is 15.1 Å². The first-order valence-electron chi connectivity index (χ1n) is 8.26. The normalized spacial score (nSPS) is 32.7. The van der Waals surface area contributed by atoms with Gasteiger partial charge in [0.05, 0.1) is 29.1 Å². The van der Waals surface area contributed by atoms with Crippen LogP contribution in [0, 0.1) is 11.3 Å². The molecule has 3 heterocycles. The molecule has 1 amide bonds. The highest BCUT2D eigenvalue weighted by Crippen LogP contribution is 2.52. The number of likely N-dealkylation sites (tertiary alicyclic amines) is 1. The zero-order valence-corrected chi connectivity index (χ0v) is 16.1. The Bertz CT molecular complexity index is 651. The number of fused-ring (bicyclic) bond motifs is 1. The van der Waals surface area contributed by atoms with E-state index in [2.05, 4.69) is 0 Å². The Morgan fingerprint density at radius 2 is 2.12 bits per heavy atom. The van der Waals surface area contributed by atoms with Crippen molar-refractivity contribution in [3.05, 3.63) is 10.6 Å². The van der Waals surface area contributed by atoms with E-state index in [1.165, 1.54) is 28.4 Å². The van der Waals surface area contributed by atoms with E-state index in [-0.39, 0.29) is 28.1 Å². The number of carboxylic acids is 1. The first-order valence-corrected chi connectivity index (χ1v) is 10.4. The summed E-state index contributed by atoms with van der Waals surface area (Å²) in [6, 6.07) is -0.280. The van der Waals surface area contributed by atoms with E-state index < -0.39 is 18.0 Å². The molecule has 2 saturated heterocycles. The molecular weight excluding hydrogens is 362 g/mol. The molecule has 9 heteroatoms. The number of carbonyl (C=O) groups is 2. The fourth-order valence-electron chi connectivity index (χ4n) is 3.90. The molecule has 0 aromatic rings. The number of aliphatic hydroxyl groups is 1. The molecule has 0 spiro atoms. The van der Waals surface area contributed by atoms with Crippen molar-refractivity contribution in [1.82, 2.24) is 9.80 Å². The monoisotopic (exact) mass is 385 g/mol. The molecule has 0 radical (unpaired) electrons. The van der Waals surface area contributed by atoms with E-state index in [9.17, 15) is 19.8 Å². The SMILES string of the molecule is CSC1C(SC2CCN(C(C)=N)C2)=C(C(=O)O)N2C(=O)C(C(C)O)[C@@H]12. The molecule has 0 aromatic carbocycles. The maximum atomic E-state index is 12.4. The van der Waals surface area contributed by atoms with Gasteiger partial charge in [-0.2, -0.15) is 11.8 Å². The second-order valence-electron chi connectivity index (χ2n) is 6.70. The number of aliphatic hydroxyl groups excluding tert-OH is 1. The fourth-order valence-corrected chi connectivity index (χ4v) is 6.66. The lowest BCUT2D eigenvalue weighted by atomic mass is 9.83. The highest BCUT2D eigenvalue weighted by molar-refractivity contribution is 8.06. The number of amidine groups is 1. The molecule has 3 N–H and O–H groups in total. The molecule has 0 aromatic heterocycles. The van der Waals surface area contributed by atoms with Gasteiger partial charge in [-0.1, -0.05) is 0 Å². The Hall–Kier alpha value is -1.19. The fraction of sp³-hybridized carbons (Fsp3) is 0.688. The number of aliphatic carboxylic acids is 1. The average Bonchev–Trinajstić information content (AvgIpc) is 3.08. The predicted molar refractivity (Wildman–Crippen MR) is 98.7 cm³/mol. The van der Waals surface area contributed by atoms with Gasteiger partial charge in [-0.05, 0) is 26.5 Å². The van der Waals surface area contributed by atoms with Gasteiger partial charge in [0, 0.05) is 23.2 Å². The highest BCUT2D eigenvalue weighted by Gasteiger charge is 2.61. The Labute approximate surface area is 155 Å². The summed E-state index contributed by atoms with van der Waals surface area (Å²) in [4.78, 5) is 28.3. The number of thioether (sulfide) groups is 2. The van der Waals surface area contributed by atoms with Crippen molar-refractivity contribution >= 4 is 41.2 Å². The molecule has 4 unspecified atom stereocenters. The quantitative estimate of drug-likeness (QED) is 0.369. The van der Waals surface area contributed by atoms with Gasteiger partial charge >= 0.3 is 5.97 Å². The van der Waals surface area contributed by atoms with E-state index in [1.807, 2.05) is 11.2 Å². The topological polar surface area (TPSA) is 105 Å². The third kappa shape index (κ3) is 2.96. The van der Waals surface area contributed by atoms with Gasteiger partial charge in [-0.25, -0.2) is 4.79 Å². The molecule has 0 bridgehead atoms. The van der Waals surface area contributed by atoms with Crippen LogP contribution < -0.4 is 0 Å². The largest absolute Gasteiger partial charge is 0.477 e. The second-order valence-corrected chi connectivity index (χ2v) is 9.02. The van der Waals surface area contributed by atoms with Crippen LogP contribution in [-0.4, -0.2) is 79.7 Å². The molecule has 5 atom stereocenters. The second kappa shape index (κ2) is 6.85. The van der Waals surface area contributed by atoms with Crippen LogP contribution >= 0.6 is 23.5 Å². The molecule has 3 rings (SSSR count). The van der Waals surface area contributed by atoms with Crippen LogP contribution in [0.2, 0.25) is 0 Å². The lowest BCUT2D eigenvalue weighted by Crippen LogP contribution is -2.64. The molecule has 3 aliphatic rings. The Balaban J connectivity index is 1.87. The van der Waals surface area contributed by atoms with E-state index >= 15 is 0 Å².